The number of nitriles is 1. The maximum absolute atomic E-state index is 12.3. The summed E-state index contributed by atoms with van der Waals surface area (Å²) in [5.41, 5.74) is 0.324. The van der Waals surface area contributed by atoms with Crippen molar-refractivity contribution in [2.24, 2.45) is 0 Å². The van der Waals surface area contributed by atoms with E-state index in [9.17, 15) is 13.2 Å². The van der Waals surface area contributed by atoms with Crippen LogP contribution in [-0.4, -0.2) is 51.2 Å². The lowest BCUT2D eigenvalue weighted by molar-refractivity contribution is -0.121. The molecule has 0 spiro atoms. The van der Waals surface area contributed by atoms with Gasteiger partial charge >= 0.3 is 0 Å². The quantitative estimate of drug-likeness (QED) is 0.855. The zero-order chi connectivity index (χ0) is 15.3. The molecule has 0 bridgehead atoms. The molecule has 7 heteroatoms. The minimum Gasteiger partial charge on any atom is -0.355 e. The van der Waals surface area contributed by atoms with Crippen molar-refractivity contribution in [1.29, 1.82) is 5.26 Å². The molecule has 2 rings (SSSR count). The van der Waals surface area contributed by atoms with E-state index in [-0.39, 0.29) is 23.1 Å². The number of sulfone groups is 1. The number of carbonyl (C=O) groups excluding carboxylic acids is 1. The summed E-state index contributed by atoms with van der Waals surface area (Å²) < 4.78 is 24.5. The normalized spacial score (nSPS) is 16.8. The Morgan fingerprint density at radius 1 is 1.38 bits per heavy atom. The molecule has 1 N–H and O–H groups in total. The molecular formula is C14H17N3O3S. The summed E-state index contributed by atoms with van der Waals surface area (Å²) in [5, 5.41) is 11.6. The van der Waals surface area contributed by atoms with Gasteiger partial charge in [0.05, 0.1) is 28.8 Å². The average molecular weight is 307 g/mol. The minimum absolute atomic E-state index is 0.0604. The predicted octanol–water partition coefficient (Wildman–Crippen LogP) is 0.154. The Kier molecular flexibility index (Phi) is 4.94. The molecule has 1 aromatic carbocycles. The third kappa shape index (κ3) is 4.28. The fourth-order valence-electron chi connectivity index (χ4n) is 2.19. The maximum Gasteiger partial charge on any atom is 0.234 e. The molecule has 6 nitrogen and oxygen atoms in total. The van der Waals surface area contributed by atoms with Crippen LogP contribution >= 0.6 is 0 Å². The molecule has 112 valence electrons. The van der Waals surface area contributed by atoms with Gasteiger partial charge in [0, 0.05) is 19.6 Å². The molecule has 0 aromatic heterocycles. The van der Waals surface area contributed by atoms with Gasteiger partial charge in [0.25, 0.3) is 0 Å². The smallest absolute Gasteiger partial charge is 0.234 e. The van der Waals surface area contributed by atoms with Gasteiger partial charge in [-0.05, 0) is 24.6 Å². The van der Waals surface area contributed by atoms with Crippen LogP contribution in [0.2, 0.25) is 0 Å². The summed E-state index contributed by atoms with van der Waals surface area (Å²) in [7, 11) is -3.45. The van der Waals surface area contributed by atoms with Crippen molar-refractivity contribution in [2.75, 3.05) is 31.9 Å². The van der Waals surface area contributed by atoms with Gasteiger partial charge in [-0.2, -0.15) is 5.26 Å². The van der Waals surface area contributed by atoms with Crippen LogP contribution < -0.4 is 5.32 Å². The molecular weight excluding hydrogens is 290 g/mol. The average Bonchev–Trinajstić information content (AvgIpc) is 2.69. The molecule has 21 heavy (non-hydrogen) atoms. The maximum atomic E-state index is 12.3. The van der Waals surface area contributed by atoms with E-state index in [2.05, 4.69) is 5.32 Å². The van der Waals surface area contributed by atoms with E-state index in [0.717, 1.165) is 6.42 Å². The first-order valence-corrected chi connectivity index (χ1v) is 8.38. The molecule has 1 aromatic rings. The first kappa shape index (κ1) is 15.5. The molecule has 0 saturated carbocycles. The number of nitrogens with zero attached hydrogens (tertiary/aromatic N) is 2. The molecule has 1 saturated heterocycles. The van der Waals surface area contributed by atoms with Gasteiger partial charge in [-0.15, -0.1) is 0 Å². The third-order valence-corrected chi connectivity index (χ3v) is 5.03. The van der Waals surface area contributed by atoms with Gasteiger partial charge in [0.2, 0.25) is 5.91 Å². The summed E-state index contributed by atoms with van der Waals surface area (Å²) >= 11 is 0. The summed E-state index contributed by atoms with van der Waals surface area (Å²) in [4.78, 5) is 13.4. The Labute approximate surface area is 124 Å². The third-order valence-electron chi connectivity index (χ3n) is 3.34. The van der Waals surface area contributed by atoms with Crippen LogP contribution in [0.1, 0.15) is 12.0 Å². The fraction of sp³-hybridized carbons (Fsp3) is 0.429. The van der Waals surface area contributed by atoms with Crippen molar-refractivity contribution >= 4 is 15.7 Å². The molecule has 1 amide bonds. The largest absolute Gasteiger partial charge is 0.355 e. The van der Waals surface area contributed by atoms with Crippen molar-refractivity contribution in [3.8, 4) is 6.07 Å². The van der Waals surface area contributed by atoms with E-state index in [1.807, 2.05) is 11.0 Å². The van der Waals surface area contributed by atoms with Gasteiger partial charge in [0.15, 0.2) is 9.84 Å². The number of rotatable bonds is 4. The highest BCUT2D eigenvalue weighted by Gasteiger charge is 2.19. The first-order valence-electron chi connectivity index (χ1n) is 6.73. The van der Waals surface area contributed by atoms with Crippen LogP contribution in [0, 0.1) is 11.3 Å². The first-order chi connectivity index (χ1) is 10.0. The number of hydrogen-bond donors (Lipinski definition) is 1. The van der Waals surface area contributed by atoms with Crippen LogP contribution in [0.15, 0.2) is 29.2 Å². The molecule has 1 fully saturated rings. The lowest BCUT2D eigenvalue weighted by atomic mass is 10.2. The number of hydrogen-bond acceptors (Lipinski definition) is 5. The van der Waals surface area contributed by atoms with Gasteiger partial charge in [-0.25, -0.2) is 8.42 Å². The summed E-state index contributed by atoms with van der Waals surface area (Å²) in [5.74, 6) is -0.133. The van der Waals surface area contributed by atoms with Crippen molar-refractivity contribution in [2.45, 2.75) is 11.3 Å². The summed E-state index contributed by atoms with van der Waals surface area (Å²) in [6.07, 6.45) is 0.815. The Hall–Kier alpha value is -1.91. The molecule has 0 unspecified atom stereocenters. The molecule has 1 aliphatic heterocycles. The SMILES string of the molecule is N#Cc1cccc(S(=O)(=O)CCN2CCCNC(=O)C2)c1. The lowest BCUT2D eigenvalue weighted by Crippen LogP contribution is -2.35. The number of benzene rings is 1. The summed E-state index contributed by atoms with van der Waals surface area (Å²) in [6, 6.07) is 7.93. The van der Waals surface area contributed by atoms with E-state index in [1.165, 1.54) is 12.1 Å². The predicted molar refractivity (Wildman–Crippen MR) is 77.3 cm³/mol. The van der Waals surface area contributed by atoms with E-state index >= 15 is 0 Å². The van der Waals surface area contributed by atoms with E-state index in [1.54, 1.807) is 12.1 Å². The zero-order valence-electron chi connectivity index (χ0n) is 11.6. The molecule has 1 heterocycles. The standard InChI is InChI=1S/C14H17N3O3S/c15-10-12-3-1-4-13(9-12)21(19,20)8-7-17-6-2-5-16-14(18)11-17/h1,3-4,9H,2,5-8,11H2,(H,16,18). The number of carbonyl (C=O) groups is 1. The van der Waals surface area contributed by atoms with Crippen molar-refractivity contribution in [3.63, 3.8) is 0 Å². The molecule has 0 aliphatic carbocycles. The zero-order valence-corrected chi connectivity index (χ0v) is 12.4. The topological polar surface area (TPSA) is 90.3 Å². The Morgan fingerprint density at radius 3 is 2.95 bits per heavy atom. The highest BCUT2D eigenvalue weighted by Crippen LogP contribution is 2.13. The Bertz CT molecular complexity index is 664. The second-order valence-electron chi connectivity index (χ2n) is 4.94. The van der Waals surface area contributed by atoms with Crippen LogP contribution in [0.4, 0.5) is 0 Å². The minimum atomic E-state index is -3.45. The van der Waals surface area contributed by atoms with Gasteiger partial charge in [0.1, 0.15) is 0 Å². The van der Waals surface area contributed by atoms with Crippen LogP contribution in [0.5, 0.6) is 0 Å². The van der Waals surface area contributed by atoms with Crippen molar-refractivity contribution in [3.05, 3.63) is 29.8 Å². The van der Waals surface area contributed by atoms with Gasteiger partial charge < -0.3 is 5.32 Å². The highest BCUT2D eigenvalue weighted by molar-refractivity contribution is 7.91. The van der Waals surface area contributed by atoms with E-state index < -0.39 is 9.84 Å². The van der Waals surface area contributed by atoms with Crippen LogP contribution in [0.3, 0.4) is 0 Å². The van der Waals surface area contributed by atoms with Crippen molar-refractivity contribution in [1.82, 2.24) is 10.2 Å². The van der Waals surface area contributed by atoms with Crippen LogP contribution in [-0.2, 0) is 14.6 Å². The number of nitrogens with one attached hydrogen (secondary N) is 1. The fourth-order valence-corrected chi connectivity index (χ4v) is 3.51. The van der Waals surface area contributed by atoms with Gasteiger partial charge in [-0.1, -0.05) is 6.07 Å². The number of amides is 1. The van der Waals surface area contributed by atoms with E-state index in [4.69, 9.17) is 5.26 Å². The van der Waals surface area contributed by atoms with E-state index in [0.29, 0.717) is 25.2 Å². The van der Waals surface area contributed by atoms with Gasteiger partial charge in [-0.3, -0.25) is 9.69 Å². The second-order valence-corrected chi connectivity index (χ2v) is 7.05. The lowest BCUT2D eigenvalue weighted by Gasteiger charge is -2.18. The monoisotopic (exact) mass is 307 g/mol. The molecule has 0 atom stereocenters. The molecule has 0 radical (unpaired) electrons. The Morgan fingerprint density at radius 2 is 2.19 bits per heavy atom. The highest BCUT2D eigenvalue weighted by atomic mass is 32.2. The van der Waals surface area contributed by atoms with Crippen LogP contribution in [0.25, 0.3) is 0 Å². The molecule has 1 aliphatic rings. The summed E-state index contributed by atoms with van der Waals surface area (Å²) in [6.45, 7) is 1.87. The second kappa shape index (κ2) is 6.70. The van der Waals surface area contributed by atoms with Crippen molar-refractivity contribution < 1.29 is 13.2 Å². The Balaban J connectivity index is 2.03.